The average Bonchev–Trinajstić information content (AvgIpc) is 3.29. The van der Waals surface area contributed by atoms with Crippen molar-refractivity contribution in [3.05, 3.63) is 47.3 Å². The topological polar surface area (TPSA) is 150 Å². The summed E-state index contributed by atoms with van der Waals surface area (Å²) in [6.07, 6.45) is 4.25. The van der Waals surface area contributed by atoms with Crippen molar-refractivity contribution < 1.29 is 27.9 Å². The first-order valence-corrected chi connectivity index (χ1v) is 12.4. The van der Waals surface area contributed by atoms with Crippen LogP contribution in [0.4, 0.5) is 0 Å². The third-order valence-electron chi connectivity index (χ3n) is 5.06. The highest BCUT2D eigenvalue weighted by atomic mass is 32.2. The molecule has 10 heteroatoms. The van der Waals surface area contributed by atoms with Crippen molar-refractivity contribution >= 4 is 33.3 Å². The fourth-order valence-corrected chi connectivity index (χ4v) is 4.65. The number of carboxylic acids is 1. The van der Waals surface area contributed by atoms with Crippen LogP contribution in [0, 0.1) is 11.8 Å². The van der Waals surface area contributed by atoms with Gasteiger partial charge in [-0.05, 0) is 73.7 Å². The Morgan fingerprint density at radius 2 is 1.74 bits per heavy atom. The van der Waals surface area contributed by atoms with Crippen LogP contribution in [0.1, 0.15) is 37.7 Å². The molecule has 1 aromatic heterocycles. The molecule has 1 fully saturated rings. The van der Waals surface area contributed by atoms with E-state index in [0.717, 1.165) is 42.6 Å². The molecular weight excluding hydrogens is 440 g/mol. The number of hydrogen-bond acceptors (Lipinski definition) is 7. The molecule has 1 saturated carbocycles. The van der Waals surface area contributed by atoms with Crippen LogP contribution in [0.25, 0.3) is 0 Å². The van der Waals surface area contributed by atoms with E-state index in [4.69, 9.17) is 20.7 Å². The largest absolute Gasteiger partial charge is 0.481 e. The zero-order chi connectivity index (χ0) is 22.9. The van der Waals surface area contributed by atoms with Gasteiger partial charge < -0.3 is 15.6 Å². The predicted octanol–water partition coefficient (Wildman–Crippen LogP) is 2.77. The molecule has 0 atom stereocenters. The van der Waals surface area contributed by atoms with E-state index in [0.29, 0.717) is 24.6 Å². The summed E-state index contributed by atoms with van der Waals surface area (Å²) in [7, 11) is -3.44. The number of carbonyl (C=O) groups is 2. The maximum atomic E-state index is 12.1. The van der Waals surface area contributed by atoms with Gasteiger partial charge in [0.05, 0.1) is 5.92 Å². The Kier molecular flexibility index (Phi) is 9.63. The molecule has 5 N–H and O–H groups in total. The minimum absolute atomic E-state index is 0.0329. The number of ether oxygens (including phenoxy) is 1. The van der Waals surface area contributed by atoms with Crippen LogP contribution in [0.5, 0.6) is 5.75 Å². The number of aryl methyl sites for hydroxylation is 1. The third kappa shape index (κ3) is 8.78. The normalized spacial score (nSPS) is 18.5. The van der Waals surface area contributed by atoms with Gasteiger partial charge in [0.2, 0.25) is 10.0 Å². The molecule has 0 aliphatic heterocycles. The summed E-state index contributed by atoms with van der Waals surface area (Å²) >= 11 is 1.12. The number of rotatable bonds is 7. The van der Waals surface area contributed by atoms with Crippen LogP contribution in [-0.2, 0) is 26.0 Å². The Hall–Kier alpha value is -2.27. The van der Waals surface area contributed by atoms with E-state index >= 15 is 0 Å². The van der Waals surface area contributed by atoms with Gasteiger partial charge in [0, 0.05) is 6.42 Å². The smallest absolute Gasteiger partial charge is 0.314 e. The highest BCUT2D eigenvalue weighted by molar-refractivity contribution is 7.91. The number of esters is 1. The molecule has 3 rings (SSSR count). The van der Waals surface area contributed by atoms with Gasteiger partial charge in [-0.1, -0.05) is 18.2 Å². The molecule has 1 heterocycles. The molecule has 1 aliphatic rings. The average molecular weight is 469 g/mol. The van der Waals surface area contributed by atoms with Gasteiger partial charge in [-0.15, -0.1) is 11.3 Å². The van der Waals surface area contributed by atoms with Gasteiger partial charge in [0.15, 0.2) is 0 Å². The lowest BCUT2D eigenvalue weighted by Gasteiger charge is -2.26. The van der Waals surface area contributed by atoms with Crippen LogP contribution >= 0.6 is 11.3 Å². The first kappa shape index (κ1) is 25.0. The number of thiophene rings is 1. The number of nitrogens with two attached hydrogens (primary N) is 2. The zero-order valence-electron chi connectivity index (χ0n) is 17.1. The molecular formula is C21H28N2O6S2. The van der Waals surface area contributed by atoms with Gasteiger partial charge in [-0.25, -0.2) is 13.6 Å². The molecule has 0 unspecified atom stereocenters. The van der Waals surface area contributed by atoms with E-state index in [1.807, 2.05) is 0 Å². The first-order valence-electron chi connectivity index (χ1n) is 9.98. The third-order valence-corrected chi connectivity index (χ3v) is 7.40. The molecule has 0 saturated heterocycles. The molecule has 0 radical (unpaired) electrons. The maximum absolute atomic E-state index is 12.1. The molecule has 170 valence electrons. The first-order chi connectivity index (χ1) is 14.7. The van der Waals surface area contributed by atoms with E-state index in [1.54, 1.807) is 35.7 Å². The number of carbonyl (C=O) groups excluding carboxylic acids is 1. The van der Waals surface area contributed by atoms with Crippen molar-refractivity contribution in [3.63, 3.8) is 0 Å². The lowest BCUT2D eigenvalue weighted by Crippen LogP contribution is -2.28. The predicted molar refractivity (Wildman–Crippen MR) is 118 cm³/mol. The summed E-state index contributed by atoms with van der Waals surface area (Å²) in [6, 6.07) is 10.2. The summed E-state index contributed by atoms with van der Waals surface area (Å²) in [5.41, 5.74) is 6.57. The lowest BCUT2D eigenvalue weighted by molar-refractivity contribution is -0.140. The second kappa shape index (κ2) is 11.9. The molecule has 1 aromatic carbocycles. The van der Waals surface area contributed by atoms with Crippen LogP contribution in [0.2, 0.25) is 0 Å². The minimum Gasteiger partial charge on any atom is -0.481 e. The second-order valence-corrected chi connectivity index (χ2v) is 10.1. The number of sulfonamides is 1. The summed E-state index contributed by atoms with van der Waals surface area (Å²) in [5.74, 6) is 0.0365. The van der Waals surface area contributed by atoms with Gasteiger partial charge in [-0.2, -0.15) is 0 Å². The van der Waals surface area contributed by atoms with Crippen molar-refractivity contribution in [2.45, 2.75) is 42.7 Å². The number of hydrogen-bond donors (Lipinski definition) is 3. The van der Waals surface area contributed by atoms with Crippen molar-refractivity contribution in [2.75, 3.05) is 6.54 Å². The van der Waals surface area contributed by atoms with E-state index in [9.17, 15) is 18.0 Å². The SMILES string of the molecule is NC[C@H]1CC[C@H](C(=O)Oc2ccc(CCC(=O)O)cc2)CC1.NS(=O)(=O)c1cccs1. The van der Waals surface area contributed by atoms with Gasteiger partial charge >= 0.3 is 11.9 Å². The van der Waals surface area contributed by atoms with Gasteiger partial charge in [0.25, 0.3) is 0 Å². The number of aliphatic carboxylic acids is 1. The molecule has 0 bridgehead atoms. The zero-order valence-corrected chi connectivity index (χ0v) is 18.7. The molecule has 2 aromatic rings. The quantitative estimate of drug-likeness (QED) is 0.417. The fraction of sp³-hybridized carbons (Fsp3) is 0.429. The Morgan fingerprint density at radius 1 is 1.10 bits per heavy atom. The number of benzene rings is 1. The molecule has 0 amide bonds. The molecule has 0 spiro atoms. The molecule has 8 nitrogen and oxygen atoms in total. The fourth-order valence-electron chi connectivity index (χ4n) is 3.23. The minimum atomic E-state index is -3.44. The highest BCUT2D eigenvalue weighted by Crippen LogP contribution is 2.29. The van der Waals surface area contributed by atoms with Crippen LogP contribution in [0.15, 0.2) is 46.0 Å². The summed E-state index contributed by atoms with van der Waals surface area (Å²) in [5, 5.41) is 15.1. The maximum Gasteiger partial charge on any atom is 0.314 e. The number of primary sulfonamides is 1. The van der Waals surface area contributed by atoms with Crippen LogP contribution < -0.4 is 15.6 Å². The second-order valence-electron chi connectivity index (χ2n) is 7.39. The van der Waals surface area contributed by atoms with Crippen LogP contribution in [0.3, 0.4) is 0 Å². The van der Waals surface area contributed by atoms with Crippen molar-refractivity contribution in [3.8, 4) is 5.75 Å². The van der Waals surface area contributed by atoms with Crippen molar-refractivity contribution in [1.29, 1.82) is 0 Å². The van der Waals surface area contributed by atoms with E-state index in [2.05, 4.69) is 0 Å². The van der Waals surface area contributed by atoms with Crippen molar-refractivity contribution in [1.82, 2.24) is 0 Å². The number of carboxylic acid groups (broad SMARTS) is 1. The Morgan fingerprint density at radius 3 is 2.19 bits per heavy atom. The Balaban J connectivity index is 0.000000316. The standard InChI is InChI=1S/C17H23NO4.C4H5NO2S2/c18-11-13-1-6-14(7-2-13)17(21)22-15-8-3-12(4-9-15)5-10-16(19)20;5-9(6,7)4-2-1-3-8-4/h3-4,8-9,13-14H,1-2,5-7,10-11,18H2,(H,19,20);1-3H,(H2,5,6,7)/t13-,14-;. The summed E-state index contributed by atoms with van der Waals surface area (Å²) in [6.45, 7) is 0.694. The van der Waals surface area contributed by atoms with Gasteiger partial charge in [0.1, 0.15) is 9.96 Å². The summed E-state index contributed by atoms with van der Waals surface area (Å²) < 4.78 is 26.6. The van der Waals surface area contributed by atoms with E-state index < -0.39 is 16.0 Å². The highest BCUT2D eigenvalue weighted by Gasteiger charge is 2.27. The van der Waals surface area contributed by atoms with E-state index in [1.165, 1.54) is 6.07 Å². The Bertz CT molecular complexity index is 935. The van der Waals surface area contributed by atoms with Gasteiger partial charge in [-0.3, -0.25) is 9.59 Å². The van der Waals surface area contributed by atoms with Crippen LogP contribution in [-0.4, -0.2) is 32.0 Å². The monoisotopic (exact) mass is 468 g/mol. The molecule has 31 heavy (non-hydrogen) atoms. The molecule has 1 aliphatic carbocycles. The van der Waals surface area contributed by atoms with Crippen molar-refractivity contribution in [2.24, 2.45) is 22.7 Å². The lowest BCUT2D eigenvalue weighted by atomic mass is 9.82. The summed E-state index contributed by atoms with van der Waals surface area (Å²) in [4.78, 5) is 22.7. The van der Waals surface area contributed by atoms with E-state index in [-0.39, 0.29) is 22.5 Å². The Labute approximate surface area is 186 Å².